The minimum absolute atomic E-state index is 0.0219. The van der Waals surface area contributed by atoms with E-state index in [4.69, 9.17) is 0 Å². The minimum Gasteiger partial charge on any atom is -0.388 e. The predicted octanol–water partition coefficient (Wildman–Crippen LogP) is 2.17. The Morgan fingerprint density at radius 3 is 2.88 bits per heavy atom. The number of aliphatic hydroxyl groups is 1. The molecular formula is C12H13BrFNO2. The molecule has 0 saturated heterocycles. The molecule has 1 aromatic carbocycles. The topological polar surface area (TPSA) is 49.3 Å². The van der Waals surface area contributed by atoms with E-state index in [0.717, 1.165) is 0 Å². The van der Waals surface area contributed by atoms with Gasteiger partial charge in [-0.2, -0.15) is 0 Å². The zero-order valence-electron chi connectivity index (χ0n) is 9.55. The number of hydrogen-bond acceptors (Lipinski definition) is 2. The molecule has 0 spiro atoms. The van der Waals surface area contributed by atoms with E-state index in [2.05, 4.69) is 21.2 Å². The maximum absolute atomic E-state index is 14.1. The number of carbonyl (C=O) groups is 1. The maximum atomic E-state index is 14.1. The van der Waals surface area contributed by atoms with Gasteiger partial charge < -0.3 is 10.4 Å². The number of carbonyl (C=O) groups excluding carboxylic acids is 1. The van der Waals surface area contributed by atoms with E-state index in [9.17, 15) is 14.3 Å². The van der Waals surface area contributed by atoms with Crippen LogP contribution in [0, 0.1) is 11.7 Å². The van der Waals surface area contributed by atoms with Crippen molar-refractivity contribution in [3.8, 4) is 0 Å². The van der Waals surface area contributed by atoms with E-state index in [-0.39, 0.29) is 21.9 Å². The fraction of sp³-hybridized carbons (Fsp3) is 0.417. The highest BCUT2D eigenvalue weighted by Gasteiger charge is 2.33. The molecule has 0 aliphatic heterocycles. The van der Waals surface area contributed by atoms with Crippen LogP contribution in [-0.2, 0) is 6.42 Å². The van der Waals surface area contributed by atoms with Gasteiger partial charge in [0.05, 0.1) is 16.1 Å². The molecule has 1 amide bonds. The van der Waals surface area contributed by atoms with Gasteiger partial charge in [-0.1, -0.05) is 6.92 Å². The van der Waals surface area contributed by atoms with Crippen LogP contribution in [-0.4, -0.2) is 18.1 Å². The zero-order chi connectivity index (χ0) is 12.7. The molecule has 0 fully saturated rings. The number of nitrogens with one attached hydrogen (secondary N) is 1. The first kappa shape index (κ1) is 12.5. The van der Waals surface area contributed by atoms with Gasteiger partial charge in [0.2, 0.25) is 0 Å². The van der Waals surface area contributed by atoms with E-state index in [0.29, 0.717) is 17.5 Å². The predicted molar refractivity (Wildman–Crippen MR) is 65.3 cm³/mol. The molecule has 0 unspecified atom stereocenters. The molecule has 5 heteroatoms. The standard InChI is InChI=1S/C12H13BrFNO2/c1-5-3-6-4-7(12(17)15-2)9(13)10(14)8(6)11(5)16/h4-5,11,16H,3H2,1-2H3,(H,15,17)/t5-,11+/m1/s1. The molecule has 1 aliphatic rings. The maximum Gasteiger partial charge on any atom is 0.252 e. The average molecular weight is 302 g/mol. The molecule has 17 heavy (non-hydrogen) atoms. The molecule has 2 N–H and O–H groups in total. The number of hydrogen-bond donors (Lipinski definition) is 2. The summed E-state index contributed by atoms with van der Waals surface area (Å²) in [5.74, 6) is -0.892. The quantitative estimate of drug-likeness (QED) is 0.835. The number of benzene rings is 1. The Hall–Kier alpha value is -0.940. The van der Waals surface area contributed by atoms with Crippen molar-refractivity contribution in [1.82, 2.24) is 5.32 Å². The van der Waals surface area contributed by atoms with Crippen LogP contribution in [0.2, 0.25) is 0 Å². The van der Waals surface area contributed by atoms with Gasteiger partial charge in [-0.25, -0.2) is 4.39 Å². The molecule has 92 valence electrons. The van der Waals surface area contributed by atoms with Crippen molar-refractivity contribution >= 4 is 21.8 Å². The van der Waals surface area contributed by atoms with E-state index in [1.165, 1.54) is 7.05 Å². The Morgan fingerprint density at radius 1 is 1.65 bits per heavy atom. The number of rotatable bonds is 1. The van der Waals surface area contributed by atoms with Gasteiger partial charge in [0.1, 0.15) is 5.82 Å². The summed E-state index contributed by atoms with van der Waals surface area (Å²) in [6, 6.07) is 1.65. The van der Waals surface area contributed by atoms with E-state index in [1.807, 2.05) is 6.92 Å². The summed E-state index contributed by atoms with van der Waals surface area (Å²) in [5.41, 5.74) is 1.30. The number of aliphatic hydroxyl groups excluding tert-OH is 1. The fourth-order valence-electron chi connectivity index (χ4n) is 2.22. The molecular weight excluding hydrogens is 289 g/mol. The zero-order valence-corrected chi connectivity index (χ0v) is 11.1. The number of fused-ring (bicyclic) bond motifs is 1. The molecule has 0 heterocycles. The number of halogens is 2. The molecule has 3 nitrogen and oxygen atoms in total. The minimum atomic E-state index is -0.792. The summed E-state index contributed by atoms with van der Waals surface area (Å²) in [6.45, 7) is 1.86. The van der Waals surface area contributed by atoms with Crippen molar-refractivity contribution in [1.29, 1.82) is 0 Å². The lowest BCUT2D eigenvalue weighted by Crippen LogP contribution is -2.19. The largest absolute Gasteiger partial charge is 0.388 e. The molecule has 1 aromatic rings. The smallest absolute Gasteiger partial charge is 0.252 e. The van der Waals surface area contributed by atoms with Crippen molar-refractivity contribution in [3.05, 3.63) is 33.0 Å². The van der Waals surface area contributed by atoms with Gasteiger partial charge in [0.15, 0.2) is 0 Å². The summed E-state index contributed by atoms with van der Waals surface area (Å²) < 4.78 is 14.2. The Morgan fingerprint density at radius 2 is 2.29 bits per heavy atom. The van der Waals surface area contributed by atoms with Gasteiger partial charge in [-0.05, 0) is 39.9 Å². The Balaban J connectivity index is 2.61. The molecule has 1 aliphatic carbocycles. The van der Waals surface area contributed by atoms with Crippen molar-refractivity contribution in [2.45, 2.75) is 19.4 Å². The highest BCUT2D eigenvalue weighted by Crippen LogP contribution is 2.40. The van der Waals surface area contributed by atoms with E-state index in [1.54, 1.807) is 6.07 Å². The van der Waals surface area contributed by atoms with Crippen LogP contribution in [0.15, 0.2) is 10.5 Å². The Bertz CT molecular complexity index is 490. The summed E-state index contributed by atoms with van der Waals surface area (Å²) in [5, 5.41) is 12.3. The summed E-state index contributed by atoms with van der Waals surface area (Å²) in [6.07, 6.45) is -0.204. The monoisotopic (exact) mass is 301 g/mol. The van der Waals surface area contributed by atoms with Crippen molar-refractivity contribution < 1.29 is 14.3 Å². The SMILES string of the molecule is CNC(=O)c1cc2c(c(F)c1Br)[C@@H](O)[C@H](C)C2. The second kappa shape index (κ2) is 4.38. The van der Waals surface area contributed by atoms with Crippen LogP contribution in [0.3, 0.4) is 0 Å². The van der Waals surface area contributed by atoms with E-state index >= 15 is 0 Å². The van der Waals surface area contributed by atoms with Crippen molar-refractivity contribution in [2.24, 2.45) is 5.92 Å². The molecule has 0 radical (unpaired) electrons. The van der Waals surface area contributed by atoms with Crippen LogP contribution in [0.4, 0.5) is 4.39 Å². The highest BCUT2D eigenvalue weighted by molar-refractivity contribution is 9.10. The van der Waals surface area contributed by atoms with Crippen molar-refractivity contribution in [3.63, 3.8) is 0 Å². The molecule has 0 bridgehead atoms. The number of amides is 1. The third kappa shape index (κ3) is 1.87. The van der Waals surface area contributed by atoms with Gasteiger partial charge >= 0.3 is 0 Å². The Labute approximate surface area is 107 Å². The summed E-state index contributed by atoms with van der Waals surface area (Å²) in [4.78, 5) is 11.6. The summed E-state index contributed by atoms with van der Waals surface area (Å²) >= 11 is 3.08. The summed E-state index contributed by atoms with van der Waals surface area (Å²) in [7, 11) is 1.50. The lowest BCUT2D eigenvalue weighted by atomic mass is 10.0. The van der Waals surface area contributed by atoms with Crippen LogP contribution >= 0.6 is 15.9 Å². The van der Waals surface area contributed by atoms with Crippen LogP contribution < -0.4 is 5.32 Å². The molecule has 2 atom stereocenters. The van der Waals surface area contributed by atoms with Gasteiger partial charge in [-0.3, -0.25) is 4.79 Å². The van der Waals surface area contributed by atoms with E-state index < -0.39 is 11.9 Å². The van der Waals surface area contributed by atoms with Gasteiger partial charge in [0, 0.05) is 12.6 Å². The Kier molecular flexibility index (Phi) is 3.23. The van der Waals surface area contributed by atoms with Gasteiger partial charge in [-0.15, -0.1) is 0 Å². The second-order valence-electron chi connectivity index (χ2n) is 4.33. The van der Waals surface area contributed by atoms with Crippen LogP contribution in [0.5, 0.6) is 0 Å². The lowest BCUT2D eigenvalue weighted by molar-refractivity contribution is 0.0961. The van der Waals surface area contributed by atoms with Gasteiger partial charge in [0.25, 0.3) is 5.91 Å². The third-order valence-corrected chi connectivity index (χ3v) is 3.95. The molecule has 2 rings (SSSR count). The first-order valence-electron chi connectivity index (χ1n) is 5.38. The molecule has 0 saturated carbocycles. The first-order valence-corrected chi connectivity index (χ1v) is 6.17. The molecule has 0 aromatic heterocycles. The van der Waals surface area contributed by atoms with Crippen molar-refractivity contribution in [2.75, 3.05) is 7.05 Å². The normalized spacial score (nSPS) is 22.4. The van der Waals surface area contributed by atoms with Crippen LogP contribution in [0.25, 0.3) is 0 Å². The average Bonchev–Trinajstić information content (AvgIpc) is 2.59. The first-order chi connectivity index (χ1) is 7.97. The lowest BCUT2D eigenvalue weighted by Gasteiger charge is -2.12. The third-order valence-electron chi connectivity index (χ3n) is 3.18. The highest BCUT2D eigenvalue weighted by atomic mass is 79.9. The fourth-order valence-corrected chi connectivity index (χ4v) is 2.73. The van der Waals surface area contributed by atoms with Crippen LogP contribution in [0.1, 0.15) is 34.5 Å². The second-order valence-corrected chi connectivity index (χ2v) is 5.12.